The van der Waals surface area contributed by atoms with Crippen LogP contribution in [0.15, 0.2) is 65.7 Å². The van der Waals surface area contributed by atoms with Crippen molar-refractivity contribution in [3.05, 3.63) is 77.5 Å². The molecule has 4 rings (SSSR count). The lowest BCUT2D eigenvalue weighted by Crippen LogP contribution is -2.31. The number of carbonyl (C=O) groups excluding carboxylic acids is 1. The van der Waals surface area contributed by atoms with Gasteiger partial charge >= 0.3 is 0 Å². The molecule has 2 aromatic carbocycles. The van der Waals surface area contributed by atoms with Crippen LogP contribution in [0.4, 0.5) is 5.82 Å². The summed E-state index contributed by atoms with van der Waals surface area (Å²) in [5.41, 5.74) is 2.05. The van der Waals surface area contributed by atoms with Crippen LogP contribution in [0, 0.1) is 6.92 Å². The second-order valence-electron chi connectivity index (χ2n) is 6.89. The molecule has 1 amide bonds. The van der Waals surface area contributed by atoms with Gasteiger partial charge < -0.3 is 4.74 Å². The number of nitrogens with one attached hydrogen (secondary N) is 1. The van der Waals surface area contributed by atoms with Crippen LogP contribution >= 0.6 is 0 Å². The van der Waals surface area contributed by atoms with E-state index in [1.54, 1.807) is 18.3 Å². The zero-order chi connectivity index (χ0) is 21.3. The highest BCUT2D eigenvalue weighted by Crippen LogP contribution is 2.38. The summed E-state index contributed by atoms with van der Waals surface area (Å²) in [4.78, 5) is 18.9. The molecule has 1 aliphatic heterocycles. The summed E-state index contributed by atoms with van der Waals surface area (Å²) in [6.45, 7) is 4.28. The third-order valence-electron chi connectivity index (χ3n) is 4.99. The molecule has 1 N–H and O–H groups in total. The van der Waals surface area contributed by atoms with Crippen LogP contribution in [0.5, 0.6) is 11.5 Å². The Labute approximate surface area is 175 Å². The maximum absolute atomic E-state index is 13.1. The average Bonchev–Trinajstić information content (AvgIpc) is 2.86. The summed E-state index contributed by atoms with van der Waals surface area (Å²) in [5.74, 6) is 0.784. The van der Waals surface area contributed by atoms with Crippen LogP contribution in [0.25, 0.3) is 0 Å². The molecular weight excluding hydrogens is 402 g/mol. The van der Waals surface area contributed by atoms with E-state index in [9.17, 15) is 13.2 Å². The highest BCUT2D eigenvalue weighted by Gasteiger charge is 2.29. The highest BCUT2D eigenvalue weighted by molar-refractivity contribution is 7.89. The van der Waals surface area contributed by atoms with Crippen LogP contribution in [-0.4, -0.2) is 25.9 Å². The molecule has 0 unspecified atom stereocenters. The number of aryl methyl sites for hydroxylation is 1. The Balaban J connectivity index is 1.68. The van der Waals surface area contributed by atoms with Gasteiger partial charge in [-0.15, -0.1) is 0 Å². The number of nitrogens with zero attached hydrogens (tertiary/aromatic N) is 2. The first-order valence-electron chi connectivity index (χ1n) is 9.53. The van der Waals surface area contributed by atoms with E-state index in [1.165, 1.54) is 23.1 Å². The first-order valence-corrected chi connectivity index (χ1v) is 11.0. The zero-order valence-corrected chi connectivity index (χ0v) is 17.4. The molecule has 8 heteroatoms. The number of amides is 1. The van der Waals surface area contributed by atoms with Gasteiger partial charge in [0.25, 0.3) is 5.91 Å². The molecule has 30 heavy (non-hydrogen) atoms. The summed E-state index contributed by atoms with van der Waals surface area (Å²) in [7, 11) is -3.83. The van der Waals surface area contributed by atoms with E-state index in [0.717, 1.165) is 11.1 Å². The molecule has 0 atom stereocenters. The predicted molar refractivity (Wildman–Crippen MR) is 113 cm³/mol. The van der Waals surface area contributed by atoms with E-state index in [0.29, 0.717) is 23.9 Å². The molecule has 0 saturated carbocycles. The van der Waals surface area contributed by atoms with Gasteiger partial charge in [0.15, 0.2) is 11.6 Å². The largest absolute Gasteiger partial charge is 0.453 e. The van der Waals surface area contributed by atoms with Crippen molar-refractivity contribution >= 4 is 21.7 Å². The normalized spacial score (nSPS) is 13.3. The van der Waals surface area contributed by atoms with Crippen LogP contribution in [0.1, 0.15) is 28.4 Å². The Morgan fingerprint density at radius 2 is 1.87 bits per heavy atom. The quantitative estimate of drug-likeness (QED) is 0.677. The third-order valence-corrected chi connectivity index (χ3v) is 6.39. The number of rotatable bonds is 5. The van der Waals surface area contributed by atoms with Crippen LogP contribution < -0.4 is 14.4 Å². The lowest BCUT2D eigenvalue weighted by molar-refractivity contribution is 0.0987. The smallest absolute Gasteiger partial charge is 0.263 e. The fourth-order valence-electron chi connectivity index (χ4n) is 3.31. The standard InChI is InChI=1S/C22H21N3O4S/c1-3-25-21-20(9-6-12-23-21)29-19-11-10-17(13-18(19)22(25)26)30(27,28)24-14-16-8-5-4-7-15(16)2/h4-13,24H,3,14H2,1-2H3. The van der Waals surface area contributed by atoms with Crippen molar-refractivity contribution in [2.24, 2.45) is 0 Å². The second-order valence-corrected chi connectivity index (χ2v) is 8.65. The van der Waals surface area contributed by atoms with Crippen molar-refractivity contribution in [2.75, 3.05) is 11.4 Å². The molecular formula is C22H21N3O4S. The third kappa shape index (κ3) is 3.67. The predicted octanol–water partition coefficient (Wildman–Crippen LogP) is 3.64. The van der Waals surface area contributed by atoms with Gasteiger partial charge in [-0.2, -0.15) is 0 Å². The van der Waals surface area contributed by atoms with Crippen molar-refractivity contribution in [2.45, 2.75) is 25.3 Å². The highest BCUT2D eigenvalue weighted by atomic mass is 32.2. The minimum absolute atomic E-state index is 0.00162. The number of pyridine rings is 1. The Bertz CT molecular complexity index is 1220. The fourth-order valence-corrected chi connectivity index (χ4v) is 4.35. The van der Waals surface area contributed by atoms with Crippen LogP contribution in [0.3, 0.4) is 0 Å². The lowest BCUT2D eigenvalue weighted by atomic mass is 10.1. The number of fused-ring (bicyclic) bond motifs is 2. The summed E-state index contributed by atoms with van der Waals surface area (Å²) in [6.07, 6.45) is 1.58. The fraction of sp³-hybridized carbons (Fsp3) is 0.182. The summed E-state index contributed by atoms with van der Waals surface area (Å²) in [6, 6.07) is 15.3. The molecule has 0 aliphatic carbocycles. The van der Waals surface area contributed by atoms with Gasteiger partial charge in [0.05, 0.1) is 10.5 Å². The van der Waals surface area contributed by atoms with Crippen molar-refractivity contribution in [1.29, 1.82) is 0 Å². The Morgan fingerprint density at radius 3 is 2.63 bits per heavy atom. The first-order chi connectivity index (χ1) is 14.4. The van der Waals surface area contributed by atoms with E-state index < -0.39 is 10.0 Å². The van der Waals surface area contributed by atoms with Gasteiger partial charge in [0, 0.05) is 19.3 Å². The lowest BCUT2D eigenvalue weighted by Gasteiger charge is -2.18. The second kappa shape index (κ2) is 7.89. The van der Waals surface area contributed by atoms with Gasteiger partial charge in [0.2, 0.25) is 10.0 Å². The van der Waals surface area contributed by atoms with E-state index in [4.69, 9.17) is 4.74 Å². The van der Waals surface area contributed by atoms with Crippen molar-refractivity contribution < 1.29 is 17.9 Å². The minimum Gasteiger partial charge on any atom is -0.453 e. The van der Waals surface area contributed by atoms with E-state index in [1.807, 2.05) is 38.1 Å². The van der Waals surface area contributed by atoms with Gasteiger partial charge in [0.1, 0.15) is 5.75 Å². The number of anilines is 1. The Morgan fingerprint density at radius 1 is 1.07 bits per heavy atom. The van der Waals surface area contributed by atoms with E-state index in [2.05, 4.69) is 9.71 Å². The average molecular weight is 423 g/mol. The summed E-state index contributed by atoms with van der Waals surface area (Å²) in [5, 5.41) is 0. The molecule has 154 valence electrons. The van der Waals surface area contributed by atoms with Gasteiger partial charge in [-0.3, -0.25) is 9.69 Å². The summed E-state index contributed by atoms with van der Waals surface area (Å²) < 4.78 is 34.2. The SMILES string of the molecule is CCN1C(=O)c2cc(S(=O)(=O)NCc3ccccc3C)ccc2Oc2cccnc21. The number of benzene rings is 2. The molecule has 2 heterocycles. The Hall–Kier alpha value is -3.23. The number of ether oxygens (including phenoxy) is 1. The molecule has 0 saturated heterocycles. The van der Waals surface area contributed by atoms with E-state index in [-0.39, 0.29) is 22.9 Å². The molecule has 0 radical (unpaired) electrons. The number of carbonyl (C=O) groups is 1. The Kier molecular flexibility index (Phi) is 5.27. The maximum Gasteiger partial charge on any atom is 0.263 e. The van der Waals surface area contributed by atoms with Crippen molar-refractivity contribution in [3.63, 3.8) is 0 Å². The topological polar surface area (TPSA) is 88.6 Å². The van der Waals surface area contributed by atoms with Crippen molar-refractivity contribution in [1.82, 2.24) is 9.71 Å². The van der Waals surface area contributed by atoms with Gasteiger partial charge in [-0.1, -0.05) is 24.3 Å². The molecule has 0 fully saturated rings. The minimum atomic E-state index is -3.83. The molecule has 3 aromatic rings. The molecule has 1 aromatic heterocycles. The first kappa shape index (κ1) is 20.1. The number of sulfonamides is 1. The molecule has 7 nitrogen and oxygen atoms in total. The van der Waals surface area contributed by atoms with Crippen LogP contribution in [-0.2, 0) is 16.6 Å². The number of hydrogen-bond donors (Lipinski definition) is 1. The zero-order valence-electron chi connectivity index (χ0n) is 16.6. The monoisotopic (exact) mass is 423 g/mol. The molecule has 1 aliphatic rings. The van der Waals surface area contributed by atoms with Crippen LogP contribution in [0.2, 0.25) is 0 Å². The number of hydrogen-bond acceptors (Lipinski definition) is 5. The number of aromatic nitrogens is 1. The van der Waals surface area contributed by atoms with Gasteiger partial charge in [-0.05, 0) is 55.3 Å². The van der Waals surface area contributed by atoms with Gasteiger partial charge in [-0.25, -0.2) is 18.1 Å². The van der Waals surface area contributed by atoms with E-state index >= 15 is 0 Å². The van der Waals surface area contributed by atoms with Crippen molar-refractivity contribution in [3.8, 4) is 11.5 Å². The molecule has 0 spiro atoms. The molecule has 0 bridgehead atoms. The summed E-state index contributed by atoms with van der Waals surface area (Å²) >= 11 is 0. The maximum atomic E-state index is 13.1.